The van der Waals surface area contributed by atoms with E-state index in [9.17, 15) is 0 Å². The smallest absolute Gasteiger partial charge is 0.0266 e. The van der Waals surface area contributed by atoms with Gasteiger partial charge >= 0.3 is 0 Å². The summed E-state index contributed by atoms with van der Waals surface area (Å²) in [4.78, 5) is 0. The molecule has 0 heterocycles. The Balaban J connectivity index is 3.74. The summed E-state index contributed by atoms with van der Waals surface area (Å²) in [5, 5.41) is 1.77. The quantitative estimate of drug-likeness (QED) is 0.437. The maximum absolute atomic E-state index is 4.34. The Morgan fingerprint density at radius 1 is 1.36 bits per heavy atom. The maximum Gasteiger partial charge on any atom is 0.0266 e. The van der Waals surface area contributed by atoms with Crippen LogP contribution in [0.2, 0.25) is 0 Å². The third kappa shape index (κ3) is 6.17. The fraction of sp³-hybridized carbons (Fsp3) is 0.667. The molecule has 0 amide bonds. The molecule has 0 bridgehead atoms. The first-order valence-corrected chi connectivity index (χ1v) is 5.01. The molecule has 0 aliphatic carbocycles. The molecule has 0 aromatic carbocycles. The van der Waals surface area contributed by atoms with E-state index >= 15 is 0 Å². The SMILES string of the molecule is C=CSN=C(CCC)CCC. The Bertz CT molecular complexity index is 122. The Morgan fingerprint density at radius 2 is 1.91 bits per heavy atom. The molecule has 2 heteroatoms. The van der Waals surface area contributed by atoms with Crippen molar-refractivity contribution in [3.05, 3.63) is 12.0 Å². The maximum atomic E-state index is 4.34. The second-order valence-corrected chi connectivity index (χ2v) is 3.16. The molecule has 0 saturated carbocycles. The lowest BCUT2D eigenvalue weighted by atomic mass is 10.1. The van der Waals surface area contributed by atoms with Crippen LogP contribution < -0.4 is 0 Å². The second kappa shape index (κ2) is 7.86. The lowest BCUT2D eigenvalue weighted by Crippen LogP contribution is -1.94. The van der Waals surface area contributed by atoms with Crippen LogP contribution in [0.15, 0.2) is 16.4 Å². The highest BCUT2D eigenvalue weighted by Gasteiger charge is 1.94. The lowest BCUT2D eigenvalue weighted by molar-refractivity contribution is 0.919. The minimum Gasteiger partial charge on any atom is -0.221 e. The molecule has 11 heavy (non-hydrogen) atoms. The van der Waals surface area contributed by atoms with Crippen molar-refractivity contribution in [2.75, 3.05) is 0 Å². The van der Waals surface area contributed by atoms with E-state index < -0.39 is 0 Å². The van der Waals surface area contributed by atoms with Gasteiger partial charge in [0.15, 0.2) is 0 Å². The van der Waals surface area contributed by atoms with Gasteiger partial charge in [-0.15, -0.1) is 0 Å². The number of nitrogens with zero attached hydrogens (tertiary/aromatic N) is 1. The molecule has 0 radical (unpaired) electrons. The topological polar surface area (TPSA) is 12.4 Å². The highest BCUT2D eigenvalue weighted by molar-refractivity contribution is 8.01. The van der Waals surface area contributed by atoms with E-state index in [-0.39, 0.29) is 0 Å². The molecule has 0 aliphatic heterocycles. The van der Waals surface area contributed by atoms with Gasteiger partial charge in [0, 0.05) is 17.7 Å². The van der Waals surface area contributed by atoms with Crippen molar-refractivity contribution >= 4 is 17.7 Å². The van der Waals surface area contributed by atoms with Crippen LogP contribution in [0, 0.1) is 0 Å². The van der Waals surface area contributed by atoms with Gasteiger partial charge in [-0.25, -0.2) is 4.40 Å². The highest BCUT2D eigenvalue weighted by Crippen LogP contribution is 2.08. The van der Waals surface area contributed by atoms with Crippen LogP contribution in [0.25, 0.3) is 0 Å². The zero-order valence-electron chi connectivity index (χ0n) is 7.47. The molecule has 0 aromatic heterocycles. The van der Waals surface area contributed by atoms with Crippen LogP contribution in [-0.4, -0.2) is 5.71 Å². The first-order valence-electron chi connectivity index (χ1n) is 4.17. The molecule has 0 aromatic rings. The van der Waals surface area contributed by atoms with Crippen molar-refractivity contribution in [1.29, 1.82) is 0 Å². The number of hydrogen-bond donors (Lipinski definition) is 0. The zero-order chi connectivity index (χ0) is 8.53. The molecule has 0 rings (SSSR count). The third-order valence-electron chi connectivity index (χ3n) is 1.33. The minimum atomic E-state index is 1.13. The monoisotopic (exact) mass is 171 g/mol. The van der Waals surface area contributed by atoms with Gasteiger partial charge in [-0.05, 0) is 18.2 Å². The Labute approximate surface area is 74.1 Å². The van der Waals surface area contributed by atoms with E-state index in [1.807, 2.05) is 0 Å². The summed E-state index contributed by atoms with van der Waals surface area (Å²) in [7, 11) is 0. The average molecular weight is 171 g/mol. The first kappa shape index (κ1) is 10.8. The van der Waals surface area contributed by atoms with Crippen LogP contribution in [0.5, 0.6) is 0 Å². The van der Waals surface area contributed by atoms with Gasteiger partial charge in [0.1, 0.15) is 0 Å². The van der Waals surface area contributed by atoms with Gasteiger partial charge in [0.2, 0.25) is 0 Å². The second-order valence-electron chi connectivity index (χ2n) is 2.43. The van der Waals surface area contributed by atoms with Crippen molar-refractivity contribution in [3.63, 3.8) is 0 Å². The Hall–Kier alpha value is -0.240. The third-order valence-corrected chi connectivity index (χ3v) is 1.85. The van der Waals surface area contributed by atoms with E-state index in [1.165, 1.54) is 30.5 Å². The van der Waals surface area contributed by atoms with Crippen LogP contribution in [0.1, 0.15) is 39.5 Å². The highest BCUT2D eigenvalue weighted by atomic mass is 32.2. The van der Waals surface area contributed by atoms with Crippen LogP contribution in [-0.2, 0) is 0 Å². The van der Waals surface area contributed by atoms with Gasteiger partial charge in [-0.3, -0.25) is 0 Å². The van der Waals surface area contributed by atoms with E-state index in [0.29, 0.717) is 0 Å². The van der Waals surface area contributed by atoms with Crippen molar-refractivity contribution in [2.24, 2.45) is 4.40 Å². The molecule has 0 aliphatic rings. The molecule has 0 saturated heterocycles. The summed E-state index contributed by atoms with van der Waals surface area (Å²) in [6, 6.07) is 0. The zero-order valence-corrected chi connectivity index (χ0v) is 8.28. The summed E-state index contributed by atoms with van der Waals surface area (Å²) >= 11 is 1.45. The summed E-state index contributed by atoms with van der Waals surface area (Å²) in [5.74, 6) is 0. The average Bonchev–Trinajstić information content (AvgIpc) is 2.01. The van der Waals surface area contributed by atoms with Gasteiger partial charge in [0.05, 0.1) is 0 Å². The van der Waals surface area contributed by atoms with Crippen molar-refractivity contribution < 1.29 is 0 Å². The minimum absolute atomic E-state index is 1.13. The summed E-state index contributed by atoms with van der Waals surface area (Å²) in [6.07, 6.45) is 4.65. The van der Waals surface area contributed by atoms with Gasteiger partial charge in [0.25, 0.3) is 0 Å². The van der Waals surface area contributed by atoms with E-state index in [4.69, 9.17) is 0 Å². The molecule has 64 valence electrons. The molecule has 0 N–H and O–H groups in total. The van der Waals surface area contributed by atoms with Gasteiger partial charge < -0.3 is 0 Å². The van der Waals surface area contributed by atoms with E-state index in [2.05, 4.69) is 24.8 Å². The van der Waals surface area contributed by atoms with Crippen LogP contribution in [0.4, 0.5) is 0 Å². The molecular formula is C9H17NS. The van der Waals surface area contributed by atoms with Gasteiger partial charge in [-0.1, -0.05) is 33.3 Å². The van der Waals surface area contributed by atoms with Crippen molar-refractivity contribution in [3.8, 4) is 0 Å². The normalized spacial score (nSPS) is 9.27. The predicted molar refractivity (Wildman–Crippen MR) is 55.0 cm³/mol. The molecule has 0 fully saturated rings. The molecular weight excluding hydrogens is 154 g/mol. The number of rotatable bonds is 6. The lowest BCUT2D eigenvalue weighted by Gasteiger charge is -2.00. The predicted octanol–water partition coefficient (Wildman–Crippen LogP) is 3.82. The van der Waals surface area contributed by atoms with Crippen LogP contribution >= 0.6 is 11.9 Å². The molecule has 0 unspecified atom stereocenters. The van der Waals surface area contributed by atoms with Gasteiger partial charge in [-0.2, -0.15) is 0 Å². The van der Waals surface area contributed by atoms with Crippen molar-refractivity contribution in [2.45, 2.75) is 39.5 Å². The Morgan fingerprint density at radius 3 is 2.27 bits per heavy atom. The largest absolute Gasteiger partial charge is 0.221 e. The van der Waals surface area contributed by atoms with E-state index in [0.717, 1.165) is 12.8 Å². The summed E-state index contributed by atoms with van der Waals surface area (Å²) in [6.45, 7) is 7.98. The number of hydrogen-bond acceptors (Lipinski definition) is 2. The fourth-order valence-electron chi connectivity index (χ4n) is 0.905. The standard InChI is InChI=1S/C9H17NS/c1-4-7-9(8-5-2)10-11-6-3/h6H,3-5,7-8H2,1-2H3. The summed E-state index contributed by atoms with van der Waals surface area (Å²) in [5.41, 5.74) is 1.32. The molecule has 1 nitrogen and oxygen atoms in total. The van der Waals surface area contributed by atoms with Crippen LogP contribution in [0.3, 0.4) is 0 Å². The first-order chi connectivity index (χ1) is 5.35. The molecule has 0 spiro atoms. The fourth-order valence-corrected chi connectivity index (χ4v) is 1.31. The summed E-state index contributed by atoms with van der Waals surface area (Å²) < 4.78 is 4.34. The molecule has 0 atom stereocenters. The van der Waals surface area contributed by atoms with Crippen molar-refractivity contribution in [1.82, 2.24) is 0 Å². The Kier molecular flexibility index (Phi) is 7.69. The van der Waals surface area contributed by atoms with E-state index in [1.54, 1.807) is 5.41 Å².